The predicted molar refractivity (Wildman–Crippen MR) is 66.4 cm³/mol. The zero-order chi connectivity index (χ0) is 13.3. The Hall–Kier alpha value is -1.43. The van der Waals surface area contributed by atoms with Gasteiger partial charge < -0.3 is 5.11 Å². The topological polar surface area (TPSA) is 81.2 Å². The maximum atomic E-state index is 10.9. The minimum Gasteiger partial charge on any atom is -0.388 e. The van der Waals surface area contributed by atoms with Crippen LogP contribution in [0.1, 0.15) is 43.5 Å². The second-order valence-corrected chi connectivity index (χ2v) is 5.22. The Balaban J connectivity index is 2.24. The standard InChI is InChI=1S/C12H19N3O3/c1-9-11(15(17)18)10(2)14(13-9)8-12(16)6-4-3-5-7-12/h16H,3-8H2,1-2H3. The van der Waals surface area contributed by atoms with Gasteiger partial charge in [-0.2, -0.15) is 5.10 Å². The molecule has 18 heavy (non-hydrogen) atoms. The highest BCUT2D eigenvalue weighted by molar-refractivity contribution is 5.39. The average Bonchev–Trinajstić information content (AvgIpc) is 2.54. The molecule has 1 aromatic heterocycles. The molecule has 0 aliphatic heterocycles. The second-order valence-electron chi connectivity index (χ2n) is 5.22. The minimum absolute atomic E-state index is 0.0643. The van der Waals surface area contributed by atoms with E-state index in [1.165, 1.54) is 0 Å². The molecular weight excluding hydrogens is 234 g/mol. The molecule has 6 nitrogen and oxygen atoms in total. The minimum atomic E-state index is -0.755. The summed E-state index contributed by atoms with van der Waals surface area (Å²) in [7, 11) is 0. The number of nitro groups is 1. The molecule has 0 spiro atoms. The molecule has 1 aliphatic carbocycles. The third kappa shape index (κ3) is 2.38. The quantitative estimate of drug-likeness (QED) is 0.660. The van der Waals surface area contributed by atoms with E-state index in [-0.39, 0.29) is 5.69 Å². The maximum absolute atomic E-state index is 10.9. The van der Waals surface area contributed by atoms with Crippen molar-refractivity contribution in [3.05, 3.63) is 21.5 Å². The number of hydrogen-bond donors (Lipinski definition) is 1. The van der Waals surface area contributed by atoms with E-state index in [0.29, 0.717) is 17.9 Å². The van der Waals surface area contributed by atoms with Crippen LogP contribution in [0, 0.1) is 24.0 Å². The first-order valence-electron chi connectivity index (χ1n) is 6.34. The van der Waals surface area contributed by atoms with Crippen molar-refractivity contribution in [3.63, 3.8) is 0 Å². The van der Waals surface area contributed by atoms with Gasteiger partial charge in [0.2, 0.25) is 0 Å². The van der Waals surface area contributed by atoms with Crippen LogP contribution in [-0.4, -0.2) is 25.4 Å². The van der Waals surface area contributed by atoms with Gasteiger partial charge in [0.05, 0.1) is 17.1 Å². The van der Waals surface area contributed by atoms with Gasteiger partial charge in [0.25, 0.3) is 0 Å². The highest BCUT2D eigenvalue weighted by Crippen LogP contribution is 2.31. The van der Waals surface area contributed by atoms with E-state index in [4.69, 9.17) is 0 Å². The fourth-order valence-corrected chi connectivity index (χ4v) is 2.75. The molecular formula is C12H19N3O3. The second kappa shape index (κ2) is 4.68. The molecule has 1 N–H and O–H groups in total. The highest BCUT2D eigenvalue weighted by Gasteiger charge is 2.32. The molecule has 0 aromatic carbocycles. The Labute approximate surface area is 106 Å². The first-order chi connectivity index (χ1) is 8.43. The van der Waals surface area contributed by atoms with Crippen molar-refractivity contribution < 1.29 is 10.0 Å². The number of aryl methyl sites for hydroxylation is 1. The first kappa shape index (κ1) is 13.0. The predicted octanol–water partition coefficient (Wildman–Crippen LogP) is 2.10. The number of aliphatic hydroxyl groups is 1. The van der Waals surface area contributed by atoms with Crippen LogP contribution in [-0.2, 0) is 6.54 Å². The van der Waals surface area contributed by atoms with Crippen molar-refractivity contribution >= 4 is 5.69 Å². The van der Waals surface area contributed by atoms with Crippen molar-refractivity contribution in [2.24, 2.45) is 0 Å². The van der Waals surface area contributed by atoms with Crippen LogP contribution < -0.4 is 0 Å². The summed E-state index contributed by atoms with van der Waals surface area (Å²) in [6.07, 6.45) is 4.67. The zero-order valence-corrected chi connectivity index (χ0v) is 10.8. The van der Waals surface area contributed by atoms with E-state index < -0.39 is 10.5 Å². The molecule has 100 valence electrons. The third-order valence-corrected chi connectivity index (χ3v) is 3.75. The van der Waals surface area contributed by atoms with E-state index in [1.54, 1.807) is 18.5 Å². The normalized spacial score (nSPS) is 18.8. The number of nitrogens with zero attached hydrogens (tertiary/aromatic N) is 3. The van der Waals surface area contributed by atoms with Crippen LogP contribution in [0.3, 0.4) is 0 Å². The third-order valence-electron chi connectivity index (χ3n) is 3.75. The average molecular weight is 253 g/mol. The lowest BCUT2D eigenvalue weighted by Crippen LogP contribution is -2.37. The molecule has 1 saturated carbocycles. The Bertz CT molecular complexity index is 461. The van der Waals surface area contributed by atoms with E-state index in [9.17, 15) is 15.2 Å². The van der Waals surface area contributed by atoms with Crippen molar-refractivity contribution in [3.8, 4) is 0 Å². The highest BCUT2D eigenvalue weighted by atomic mass is 16.6. The van der Waals surface area contributed by atoms with E-state index in [0.717, 1.165) is 32.1 Å². The zero-order valence-electron chi connectivity index (χ0n) is 10.8. The lowest BCUT2D eigenvalue weighted by atomic mass is 9.85. The summed E-state index contributed by atoms with van der Waals surface area (Å²) in [4.78, 5) is 10.5. The summed E-state index contributed by atoms with van der Waals surface area (Å²) >= 11 is 0. The van der Waals surface area contributed by atoms with Gasteiger partial charge in [-0.05, 0) is 26.7 Å². The van der Waals surface area contributed by atoms with Crippen molar-refractivity contribution in [1.82, 2.24) is 9.78 Å². The molecule has 1 heterocycles. The summed E-state index contributed by atoms with van der Waals surface area (Å²) in [5.74, 6) is 0. The summed E-state index contributed by atoms with van der Waals surface area (Å²) in [5, 5.41) is 25.6. The van der Waals surface area contributed by atoms with Crippen LogP contribution >= 0.6 is 0 Å². The van der Waals surface area contributed by atoms with Gasteiger partial charge in [0.15, 0.2) is 0 Å². The molecule has 0 amide bonds. The van der Waals surface area contributed by atoms with Gasteiger partial charge in [-0.15, -0.1) is 0 Å². The number of rotatable bonds is 3. The smallest absolute Gasteiger partial charge is 0.312 e. The number of aromatic nitrogens is 2. The van der Waals surface area contributed by atoms with Gasteiger partial charge in [-0.25, -0.2) is 0 Å². The fraction of sp³-hybridized carbons (Fsp3) is 0.750. The lowest BCUT2D eigenvalue weighted by molar-refractivity contribution is -0.386. The SMILES string of the molecule is Cc1nn(CC2(O)CCCCC2)c(C)c1[N+](=O)[O-]. The number of hydrogen-bond acceptors (Lipinski definition) is 4. The summed E-state index contributed by atoms with van der Waals surface area (Å²) in [6.45, 7) is 3.67. The fourth-order valence-electron chi connectivity index (χ4n) is 2.75. The van der Waals surface area contributed by atoms with Gasteiger partial charge in [-0.3, -0.25) is 14.8 Å². The van der Waals surface area contributed by atoms with Crippen LogP contribution in [0.15, 0.2) is 0 Å². The van der Waals surface area contributed by atoms with Gasteiger partial charge >= 0.3 is 5.69 Å². The van der Waals surface area contributed by atoms with Gasteiger partial charge in [-0.1, -0.05) is 19.3 Å². The van der Waals surface area contributed by atoms with E-state index in [1.807, 2.05) is 0 Å². The monoisotopic (exact) mass is 253 g/mol. The Morgan fingerprint density at radius 3 is 2.50 bits per heavy atom. The maximum Gasteiger partial charge on any atom is 0.312 e. The molecule has 0 atom stereocenters. The first-order valence-corrected chi connectivity index (χ1v) is 6.34. The molecule has 0 saturated heterocycles. The van der Waals surface area contributed by atoms with Crippen LogP contribution in [0.4, 0.5) is 5.69 Å². The molecule has 0 radical (unpaired) electrons. The molecule has 2 rings (SSSR count). The van der Waals surface area contributed by atoms with E-state index in [2.05, 4.69) is 5.10 Å². The molecule has 1 aromatic rings. The summed E-state index contributed by atoms with van der Waals surface area (Å²) < 4.78 is 1.58. The van der Waals surface area contributed by atoms with Crippen LogP contribution in [0.25, 0.3) is 0 Å². The Morgan fingerprint density at radius 1 is 1.39 bits per heavy atom. The molecule has 1 fully saturated rings. The van der Waals surface area contributed by atoms with E-state index >= 15 is 0 Å². The van der Waals surface area contributed by atoms with Crippen LogP contribution in [0.2, 0.25) is 0 Å². The Kier molecular flexibility index (Phi) is 3.38. The van der Waals surface area contributed by atoms with Crippen molar-refractivity contribution in [2.75, 3.05) is 0 Å². The molecule has 6 heteroatoms. The molecule has 1 aliphatic rings. The summed E-state index contributed by atoms with van der Waals surface area (Å²) in [6, 6.07) is 0. The van der Waals surface area contributed by atoms with Crippen LogP contribution in [0.5, 0.6) is 0 Å². The van der Waals surface area contributed by atoms with Crippen molar-refractivity contribution in [1.29, 1.82) is 0 Å². The summed E-state index contributed by atoms with van der Waals surface area (Å²) in [5.41, 5.74) is 0.248. The molecule has 0 unspecified atom stereocenters. The van der Waals surface area contributed by atoms with Gasteiger partial charge in [0.1, 0.15) is 11.4 Å². The Morgan fingerprint density at radius 2 is 2.00 bits per heavy atom. The molecule has 0 bridgehead atoms. The van der Waals surface area contributed by atoms with Crippen molar-refractivity contribution in [2.45, 2.75) is 58.1 Å². The lowest BCUT2D eigenvalue weighted by Gasteiger charge is -2.32. The van der Waals surface area contributed by atoms with Gasteiger partial charge in [0, 0.05) is 0 Å². The largest absolute Gasteiger partial charge is 0.388 e.